The van der Waals surface area contributed by atoms with Gasteiger partial charge in [-0.2, -0.15) is 0 Å². The van der Waals surface area contributed by atoms with Gasteiger partial charge in [-0.3, -0.25) is 9.20 Å². The molecule has 0 aliphatic carbocycles. The van der Waals surface area contributed by atoms with Crippen LogP contribution in [-0.2, 0) is 10.2 Å². The maximum absolute atomic E-state index is 12.9. The van der Waals surface area contributed by atoms with Crippen molar-refractivity contribution in [2.24, 2.45) is 0 Å². The average molecular weight is 510 g/mol. The number of nitrogen functional groups attached to an aromatic ring is 1. The van der Waals surface area contributed by atoms with Crippen LogP contribution in [0.2, 0.25) is 0 Å². The van der Waals surface area contributed by atoms with Gasteiger partial charge in [-0.15, -0.1) is 11.3 Å². The third-order valence-electron chi connectivity index (χ3n) is 7.12. The van der Waals surface area contributed by atoms with Crippen LogP contribution in [0, 0.1) is 6.92 Å². The van der Waals surface area contributed by atoms with Gasteiger partial charge in [0.2, 0.25) is 0 Å². The van der Waals surface area contributed by atoms with E-state index in [2.05, 4.69) is 27.2 Å². The number of rotatable bonds is 5. The molecule has 1 saturated heterocycles. The number of aromatic nitrogens is 3. The Morgan fingerprint density at radius 3 is 2.57 bits per heavy atom. The lowest BCUT2D eigenvalue weighted by Gasteiger charge is -2.36. The Bertz CT molecular complexity index is 1580. The van der Waals surface area contributed by atoms with Crippen molar-refractivity contribution in [1.82, 2.24) is 14.4 Å². The summed E-state index contributed by atoms with van der Waals surface area (Å²) in [6.45, 7) is 3.36. The molecule has 2 aromatic carbocycles. The first-order valence-electron chi connectivity index (χ1n) is 12.3. The number of ether oxygens (including phenoxy) is 1. The molecule has 1 aliphatic rings. The van der Waals surface area contributed by atoms with Gasteiger partial charge in [-0.1, -0.05) is 30.3 Å². The maximum atomic E-state index is 12.9. The Morgan fingerprint density at radius 2 is 1.78 bits per heavy atom. The number of anilines is 2. The van der Waals surface area contributed by atoms with E-state index >= 15 is 0 Å². The molecule has 186 valence electrons. The van der Waals surface area contributed by atoms with E-state index in [0.29, 0.717) is 30.2 Å². The number of nitrogens with zero attached hydrogens (tertiary/aromatic N) is 3. The number of para-hydroxylation sites is 2. The number of aryl methyl sites for hydroxylation is 1. The van der Waals surface area contributed by atoms with Gasteiger partial charge in [0.1, 0.15) is 16.3 Å². The number of pyridine rings is 1. The topological polar surface area (TPSA) is 94.5 Å². The average Bonchev–Trinajstić information content (AvgIpc) is 3.54. The first kappa shape index (κ1) is 23.4. The molecule has 1 amide bonds. The first-order valence-corrected chi connectivity index (χ1v) is 13.2. The van der Waals surface area contributed by atoms with Gasteiger partial charge in [-0.25, -0.2) is 9.97 Å². The molecular formula is C29H27N5O2S. The van der Waals surface area contributed by atoms with Gasteiger partial charge in [0.05, 0.1) is 28.2 Å². The minimum absolute atomic E-state index is 0.190. The molecule has 6 rings (SSSR count). The summed E-state index contributed by atoms with van der Waals surface area (Å²) in [4.78, 5) is 22.8. The molecule has 3 N–H and O–H groups in total. The lowest BCUT2D eigenvalue weighted by molar-refractivity contribution is 0.0630. The lowest BCUT2D eigenvalue weighted by atomic mass is 9.74. The zero-order valence-corrected chi connectivity index (χ0v) is 21.3. The number of fused-ring (bicyclic) bond motifs is 1. The molecule has 5 aromatic rings. The van der Waals surface area contributed by atoms with E-state index in [1.54, 1.807) is 23.5 Å². The fourth-order valence-electron chi connectivity index (χ4n) is 5.12. The minimum atomic E-state index is -0.269. The molecule has 3 aromatic heterocycles. The molecule has 1 aliphatic heterocycles. The highest BCUT2D eigenvalue weighted by Crippen LogP contribution is 2.44. The largest absolute Gasteiger partial charge is 0.397 e. The van der Waals surface area contributed by atoms with Crippen LogP contribution < -0.4 is 11.1 Å². The third kappa shape index (κ3) is 4.18. The van der Waals surface area contributed by atoms with Crippen molar-refractivity contribution in [3.8, 4) is 11.4 Å². The summed E-state index contributed by atoms with van der Waals surface area (Å²) < 4.78 is 7.84. The number of hydrogen-bond donors (Lipinski definition) is 2. The normalized spacial score (nSPS) is 15.1. The Labute approximate surface area is 219 Å². The molecule has 0 saturated carbocycles. The number of hydrogen-bond acceptors (Lipinski definition) is 6. The highest BCUT2D eigenvalue weighted by Gasteiger charge is 2.39. The van der Waals surface area contributed by atoms with Crippen molar-refractivity contribution < 1.29 is 9.53 Å². The number of carbonyl (C=O) groups is 1. The maximum Gasteiger partial charge on any atom is 0.255 e. The quantitative estimate of drug-likeness (QED) is 0.297. The van der Waals surface area contributed by atoms with Crippen LogP contribution in [0.3, 0.4) is 0 Å². The molecule has 0 bridgehead atoms. The van der Waals surface area contributed by atoms with Crippen molar-refractivity contribution in [2.75, 3.05) is 24.3 Å². The smallest absolute Gasteiger partial charge is 0.255 e. The first-order chi connectivity index (χ1) is 18.0. The fraction of sp³-hybridized carbons (Fsp3) is 0.207. The van der Waals surface area contributed by atoms with Crippen LogP contribution in [-0.4, -0.2) is 33.5 Å². The molecule has 0 unspecified atom stereocenters. The predicted octanol–water partition coefficient (Wildman–Crippen LogP) is 5.70. The molecule has 8 heteroatoms. The molecule has 7 nitrogen and oxygen atoms in total. The van der Waals surface area contributed by atoms with Crippen molar-refractivity contribution in [3.05, 3.63) is 100 Å². The van der Waals surface area contributed by atoms with Gasteiger partial charge < -0.3 is 15.8 Å². The van der Waals surface area contributed by atoms with Crippen LogP contribution in [0.1, 0.15) is 39.5 Å². The lowest BCUT2D eigenvalue weighted by Crippen LogP contribution is -2.35. The Morgan fingerprint density at radius 1 is 1.03 bits per heavy atom. The zero-order valence-electron chi connectivity index (χ0n) is 20.5. The molecule has 0 spiro atoms. The summed E-state index contributed by atoms with van der Waals surface area (Å²) in [5, 5.41) is 6.09. The monoisotopic (exact) mass is 509 g/mol. The summed E-state index contributed by atoms with van der Waals surface area (Å²) in [5.41, 5.74) is 12.4. The fourth-order valence-corrected chi connectivity index (χ4v) is 6.20. The molecule has 4 heterocycles. The highest BCUT2D eigenvalue weighted by atomic mass is 32.1. The van der Waals surface area contributed by atoms with Crippen molar-refractivity contribution >= 4 is 34.3 Å². The molecule has 37 heavy (non-hydrogen) atoms. The van der Waals surface area contributed by atoms with E-state index in [0.717, 1.165) is 46.1 Å². The van der Waals surface area contributed by atoms with Crippen molar-refractivity contribution in [2.45, 2.75) is 25.2 Å². The van der Waals surface area contributed by atoms with Crippen molar-refractivity contribution in [3.63, 3.8) is 0 Å². The SMILES string of the molecule is Cc1nc2ccccn2c1-c1csc(C2(c3ccc(C(=O)Nc4ccccc4N)cc3)CCOCC2)n1. The van der Waals surface area contributed by atoms with Gasteiger partial charge in [-0.05, 0) is 61.7 Å². The summed E-state index contributed by atoms with van der Waals surface area (Å²) in [6, 6.07) is 21.1. The van der Waals surface area contributed by atoms with Gasteiger partial charge >= 0.3 is 0 Å². The minimum Gasteiger partial charge on any atom is -0.397 e. The number of imidazole rings is 1. The van der Waals surface area contributed by atoms with E-state index in [1.165, 1.54) is 0 Å². The number of benzene rings is 2. The predicted molar refractivity (Wildman–Crippen MR) is 147 cm³/mol. The van der Waals surface area contributed by atoms with Gasteiger partial charge in [0, 0.05) is 30.4 Å². The Kier molecular flexibility index (Phi) is 5.98. The number of nitrogens with two attached hydrogens (primary N) is 1. The summed E-state index contributed by atoms with van der Waals surface area (Å²) in [5.74, 6) is -0.190. The standard InChI is InChI=1S/C29H27N5O2S/c1-19-26(34-15-5-4-8-25(34)31-19)24-18-37-28(33-24)29(13-16-36-17-14-29)21-11-9-20(10-12-21)27(35)32-23-7-3-2-6-22(23)30/h2-12,15,18H,13-14,16-17,30H2,1H3,(H,32,35). The summed E-state index contributed by atoms with van der Waals surface area (Å²) in [6.07, 6.45) is 3.69. The second kappa shape index (κ2) is 9.46. The second-order valence-corrected chi connectivity index (χ2v) is 10.2. The van der Waals surface area contributed by atoms with E-state index < -0.39 is 0 Å². The van der Waals surface area contributed by atoms with E-state index in [4.69, 9.17) is 20.4 Å². The zero-order chi connectivity index (χ0) is 25.4. The number of nitrogens with one attached hydrogen (secondary N) is 1. The van der Waals surface area contributed by atoms with E-state index in [9.17, 15) is 4.79 Å². The molecular weight excluding hydrogens is 482 g/mol. The van der Waals surface area contributed by atoms with Gasteiger partial charge in [0.25, 0.3) is 5.91 Å². The number of amides is 1. The van der Waals surface area contributed by atoms with Crippen molar-refractivity contribution in [1.29, 1.82) is 0 Å². The van der Waals surface area contributed by atoms with Crippen LogP contribution in [0.5, 0.6) is 0 Å². The number of carbonyl (C=O) groups excluding carboxylic acids is 1. The van der Waals surface area contributed by atoms with Gasteiger partial charge in [0.15, 0.2) is 0 Å². The van der Waals surface area contributed by atoms with Crippen LogP contribution in [0.15, 0.2) is 78.3 Å². The summed E-state index contributed by atoms with van der Waals surface area (Å²) in [7, 11) is 0. The van der Waals surface area contributed by atoms with E-state index in [-0.39, 0.29) is 11.3 Å². The molecule has 0 atom stereocenters. The highest BCUT2D eigenvalue weighted by molar-refractivity contribution is 7.10. The van der Waals surface area contributed by atoms with E-state index in [1.807, 2.05) is 55.6 Å². The Hall–Kier alpha value is -4.01. The van der Waals surface area contributed by atoms with Crippen LogP contribution in [0.4, 0.5) is 11.4 Å². The number of thiazole rings is 1. The van der Waals surface area contributed by atoms with Crippen LogP contribution in [0.25, 0.3) is 17.0 Å². The summed E-state index contributed by atoms with van der Waals surface area (Å²) >= 11 is 1.68. The molecule has 0 radical (unpaired) electrons. The Balaban J connectivity index is 1.33. The third-order valence-corrected chi connectivity index (χ3v) is 8.16. The van der Waals surface area contributed by atoms with Crippen LogP contribution >= 0.6 is 11.3 Å². The second-order valence-electron chi connectivity index (χ2n) is 9.33. The molecule has 1 fully saturated rings.